The molecular weight excluding hydrogens is 378 g/mol. The van der Waals surface area contributed by atoms with Gasteiger partial charge in [0.2, 0.25) is 0 Å². The highest BCUT2D eigenvalue weighted by molar-refractivity contribution is 6.05. The van der Waals surface area contributed by atoms with Crippen LogP contribution in [0.25, 0.3) is 0 Å². The second-order valence-corrected chi connectivity index (χ2v) is 7.77. The lowest BCUT2D eigenvalue weighted by Gasteiger charge is -2.30. The number of hydrogen-bond donors (Lipinski definition) is 4. The first-order valence-corrected chi connectivity index (χ1v) is 10.3. The Morgan fingerprint density at radius 3 is 2.17 bits per heavy atom. The molecule has 0 spiro atoms. The van der Waals surface area contributed by atoms with Crippen molar-refractivity contribution < 1.29 is 9.59 Å². The summed E-state index contributed by atoms with van der Waals surface area (Å²) in [5, 5.41) is 8.53. The van der Waals surface area contributed by atoms with Crippen molar-refractivity contribution in [3.05, 3.63) is 59.7 Å². The zero-order chi connectivity index (χ0) is 22.1. The molecule has 7 nitrogen and oxygen atoms in total. The van der Waals surface area contributed by atoms with Crippen molar-refractivity contribution in [1.29, 1.82) is 0 Å². The molecule has 0 fully saturated rings. The number of para-hydroxylation sites is 2. The molecule has 0 bridgehead atoms. The van der Waals surface area contributed by atoms with E-state index in [4.69, 9.17) is 5.73 Å². The summed E-state index contributed by atoms with van der Waals surface area (Å²) in [6.45, 7) is 10.4. The van der Waals surface area contributed by atoms with Gasteiger partial charge in [-0.25, -0.2) is 4.79 Å². The van der Waals surface area contributed by atoms with Gasteiger partial charge < -0.3 is 21.7 Å². The quantitative estimate of drug-likeness (QED) is 0.475. The van der Waals surface area contributed by atoms with Gasteiger partial charge in [-0.15, -0.1) is 0 Å². The molecule has 0 saturated carbocycles. The number of carbonyl (C=O) groups excluding carboxylic acids is 2. The van der Waals surface area contributed by atoms with Gasteiger partial charge in [0.05, 0.1) is 11.4 Å². The fraction of sp³-hybridized carbons (Fsp3) is 0.391. The SMILES string of the molecule is CC(C)N(CCNC(=O)NCc1ccc(C(=O)Nc2ccccc2N)cc1)C(C)C. The fourth-order valence-electron chi connectivity index (χ4n) is 3.24. The first kappa shape index (κ1) is 23.2. The number of rotatable bonds is 9. The van der Waals surface area contributed by atoms with Crippen LogP contribution in [0, 0.1) is 0 Å². The van der Waals surface area contributed by atoms with Crippen molar-refractivity contribution in [2.75, 3.05) is 24.1 Å². The predicted octanol–water partition coefficient (Wildman–Crippen LogP) is 3.44. The first-order valence-electron chi connectivity index (χ1n) is 10.3. The van der Waals surface area contributed by atoms with Gasteiger partial charge in [-0.2, -0.15) is 0 Å². The van der Waals surface area contributed by atoms with E-state index in [1.54, 1.807) is 24.3 Å². The maximum absolute atomic E-state index is 12.4. The molecule has 2 aromatic rings. The molecule has 7 heteroatoms. The van der Waals surface area contributed by atoms with Crippen molar-refractivity contribution in [2.24, 2.45) is 0 Å². The second kappa shape index (κ2) is 11.2. The van der Waals surface area contributed by atoms with E-state index in [1.165, 1.54) is 0 Å². The Hall–Kier alpha value is -3.06. The number of urea groups is 1. The summed E-state index contributed by atoms with van der Waals surface area (Å²) in [4.78, 5) is 26.7. The number of nitrogens with one attached hydrogen (secondary N) is 3. The van der Waals surface area contributed by atoms with E-state index in [1.807, 2.05) is 24.3 Å². The monoisotopic (exact) mass is 411 g/mol. The van der Waals surface area contributed by atoms with Crippen molar-refractivity contribution in [2.45, 2.75) is 46.3 Å². The molecule has 0 aliphatic rings. The molecule has 3 amide bonds. The van der Waals surface area contributed by atoms with Gasteiger partial charge in [-0.05, 0) is 57.5 Å². The van der Waals surface area contributed by atoms with E-state index >= 15 is 0 Å². The van der Waals surface area contributed by atoms with Crippen LogP contribution in [0.4, 0.5) is 16.2 Å². The molecule has 2 aromatic carbocycles. The van der Waals surface area contributed by atoms with E-state index in [9.17, 15) is 9.59 Å². The highest BCUT2D eigenvalue weighted by atomic mass is 16.2. The van der Waals surface area contributed by atoms with Crippen molar-refractivity contribution in [3.63, 3.8) is 0 Å². The zero-order valence-corrected chi connectivity index (χ0v) is 18.2. The van der Waals surface area contributed by atoms with Crippen LogP contribution in [0.5, 0.6) is 0 Å². The average Bonchev–Trinajstić information content (AvgIpc) is 2.71. The van der Waals surface area contributed by atoms with Crippen LogP contribution in [-0.4, -0.2) is 42.0 Å². The second-order valence-electron chi connectivity index (χ2n) is 7.77. The number of benzene rings is 2. The molecule has 2 rings (SSSR count). The number of nitrogen functional groups attached to an aromatic ring is 1. The van der Waals surface area contributed by atoms with Gasteiger partial charge in [0.15, 0.2) is 0 Å². The molecule has 0 aliphatic carbocycles. The Kier molecular flexibility index (Phi) is 8.68. The standard InChI is InChI=1S/C23H33N5O2/c1-16(2)28(17(3)4)14-13-25-23(30)26-15-18-9-11-19(12-10-18)22(29)27-21-8-6-5-7-20(21)24/h5-12,16-17H,13-15,24H2,1-4H3,(H,27,29)(H2,25,26,30). The van der Waals surface area contributed by atoms with Crippen molar-refractivity contribution >= 4 is 23.3 Å². The highest BCUT2D eigenvalue weighted by Gasteiger charge is 2.13. The van der Waals surface area contributed by atoms with E-state index in [-0.39, 0.29) is 11.9 Å². The van der Waals surface area contributed by atoms with E-state index in [0.717, 1.165) is 12.1 Å². The topological polar surface area (TPSA) is 99.5 Å². The van der Waals surface area contributed by atoms with Gasteiger partial charge in [-0.1, -0.05) is 24.3 Å². The number of nitrogens with zero attached hydrogens (tertiary/aromatic N) is 1. The van der Waals surface area contributed by atoms with E-state index in [2.05, 4.69) is 48.5 Å². The maximum atomic E-state index is 12.4. The molecule has 30 heavy (non-hydrogen) atoms. The van der Waals surface area contributed by atoms with Gasteiger partial charge in [0.1, 0.15) is 0 Å². The number of carbonyl (C=O) groups is 2. The fourth-order valence-corrected chi connectivity index (χ4v) is 3.24. The summed E-state index contributed by atoms with van der Waals surface area (Å²) >= 11 is 0. The number of amides is 3. The molecule has 5 N–H and O–H groups in total. The summed E-state index contributed by atoms with van der Waals surface area (Å²) in [6.07, 6.45) is 0. The first-order chi connectivity index (χ1) is 14.3. The Morgan fingerprint density at radius 1 is 0.933 bits per heavy atom. The molecule has 0 heterocycles. The van der Waals surface area contributed by atoms with E-state index < -0.39 is 0 Å². The largest absolute Gasteiger partial charge is 0.397 e. The molecule has 0 aliphatic heterocycles. The molecule has 0 unspecified atom stereocenters. The lowest BCUT2D eigenvalue weighted by molar-refractivity contribution is 0.102. The van der Waals surface area contributed by atoms with Crippen LogP contribution in [0.2, 0.25) is 0 Å². The molecular formula is C23H33N5O2. The Balaban J connectivity index is 1.78. The van der Waals surface area contributed by atoms with Gasteiger partial charge in [0.25, 0.3) is 5.91 Å². The summed E-state index contributed by atoms with van der Waals surface area (Å²) < 4.78 is 0. The highest BCUT2D eigenvalue weighted by Crippen LogP contribution is 2.18. The summed E-state index contributed by atoms with van der Waals surface area (Å²) in [6, 6.07) is 14.9. The lowest BCUT2D eigenvalue weighted by atomic mass is 10.1. The van der Waals surface area contributed by atoms with Crippen LogP contribution in [0.3, 0.4) is 0 Å². The van der Waals surface area contributed by atoms with Crippen molar-refractivity contribution in [3.8, 4) is 0 Å². The van der Waals surface area contributed by atoms with Crippen LogP contribution in [0.1, 0.15) is 43.6 Å². The van der Waals surface area contributed by atoms with Crippen LogP contribution >= 0.6 is 0 Å². The van der Waals surface area contributed by atoms with Crippen LogP contribution in [0.15, 0.2) is 48.5 Å². The van der Waals surface area contributed by atoms with Crippen LogP contribution in [-0.2, 0) is 6.54 Å². The molecule has 0 aromatic heterocycles. The third-order valence-corrected chi connectivity index (χ3v) is 4.86. The van der Waals surface area contributed by atoms with Gasteiger partial charge in [0, 0.05) is 37.3 Å². The average molecular weight is 412 g/mol. The predicted molar refractivity (Wildman–Crippen MR) is 122 cm³/mol. The van der Waals surface area contributed by atoms with Gasteiger partial charge >= 0.3 is 6.03 Å². The van der Waals surface area contributed by atoms with E-state index in [0.29, 0.717) is 42.1 Å². The Labute approximate surface area is 179 Å². The normalized spacial score (nSPS) is 11.0. The third-order valence-electron chi connectivity index (χ3n) is 4.86. The smallest absolute Gasteiger partial charge is 0.315 e. The molecule has 162 valence electrons. The minimum Gasteiger partial charge on any atom is -0.397 e. The number of anilines is 2. The molecule has 0 saturated heterocycles. The summed E-state index contributed by atoms with van der Waals surface area (Å²) in [7, 11) is 0. The number of nitrogens with two attached hydrogens (primary N) is 1. The minimum absolute atomic E-state index is 0.205. The van der Waals surface area contributed by atoms with Crippen molar-refractivity contribution in [1.82, 2.24) is 15.5 Å². The molecule has 0 radical (unpaired) electrons. The zero-order valence-electron chi connectivity index (χ0n) is 18.2. The Morgan fingerprint density at radius 2 is 1.57 bits per heavy atom. The minimum atomic E-state index is -0.231. The maximum Gasteiger partial charge on any atom is 0.315 e. The summed E-state index contributed by atoms with van der Waals surface area (Å²) in [5.74, 6) is -0.231. The third kappa shape index (κ3) is 7.08. The molecule has 0 atom stereocenters. The number of hydrogen-bond acceptors (Lipinski definition) is 4. The van der Waals surface area contributed by atoms with Crippen LogP contribution < -0.4 is 21.7 Å². The lowest BCUT2D eigenvalue weighted by Crippen LogP contribution is -2.44. The Bertz CT molecular complexity index is 826. The van der Waals surface area contributed by atoms with Gasteiger partial charge in [-0.3, -0.25) is 9.69 Å². The summed E-state index contributed by atoms with van der Waals surface area (Å²) in [5.41, 5.74) is 8.39.